The van der Waals surface area contributed by atoms with Crippen LogP contribution in [0.2, 0.25) is 5.02 Å². The summed E-state index contributed by atoms with van der Waals surface area (Å²) in [6.45, 7) is 1.86. The zero-order valence-electron chi connectivity index (χ0n) is 12.9. The fourth-order valence-corrected chi connectivity index (χ4v) is 3.29. The average molecular weight is 335 g/mol. The molecule has 22 heavy (non-hydrogen) atoms. The maximum atomic E-state index is 12.8. The number of piperidine rings is 1. The van der Waals surface area contributed by atoms with Gasteiger partial charge < -0.3 is 10.2 Å². The molecule has 2 rings (SSSR count). The van der Waals surface area contributed by atoms with Crippen LogP contribution in [0, 0.1) is 0 Å². The number of rotatable bonds is 4. The Kier molecular flexibility index (Phi) is 5.41. The van der Waals surface area contributed by atoms with Gasteiger partial charge in [-0.3, -0.25) is 0 Å². The maximum absolute atomic E-state index is 12.8. The van der Waals surface area contributed by atoms with Crippen molar-refractivity contribution in [2.75, 3.05) is 27.2 Å². The predicted molar refractivity (Wildman–Crippen MR) is 83.3 cm³/mol. The second kappa shape index (κ2) is 6.77. The summed E-state index contributed by atoms with van der Waals surface area (Å²) < 4.78 is 38.5. The molecule has 1 aromatic carbocycles. The third-order valence-electron chi connectivity index (χ3n) is 4.63. The summed E-state index contributed by atoms with van der Waals surface area (Å²) in [5, 5.41) is 3.80. The van der Waals surface area contributed by atoms with Gasteiger partial charge in [-0.2, -0.15) is 13.2 Å². The minimum absolute atomic E-state index is 0.0180. The van der Waals surface area contributed by atoms with Crippen LogP contribution in [0.1, 0.15) is 30.4 Å². The largest absolute Gasteiger partial charge is 0.416 e. The van der Waals surface area contributed by atoms with Gasteiger partial charge in [0, 0.05) is 17.1 Å². The Morgan fingerprint density at radius 1 is 1.32 bits per heavy atom. The molecule has 1 aliphatic heterocycles. The topological polar surface area (TPSA) is 15.3 Å². The summed E-state index contributed by atoms with van der Waals surface area (Å²) in [7, 11) is 4.06. The van der Waals surface area contributed by atoms with Gasteiger partial charge in [-0.15, -0.1) is 0 Å². The second-order valence-corrected chi connectivity index (χ2v) is 6.61. The van der Waals surface area contributed by atoms with Gasteiger partial charge in [0.2, 0.25) is 0 Å². The molecule has 1 fully saturated rings. The molecular weight excluding hydrogens is 313 g/mol. The molecule has 1 atom stereocenters. The molecule has 124 valence electrons. The van der Waals surface area contributed by atoms with E-state index < -0.39 is 11.7 Å². The van der Waals surface area contributed by atoms with Gasteiger partial charge in [0.1, 0.15) is 0 Å². The lowest BCUT2D eigenvalue weighted by Gasteiger charge is -2.43. The van der Waals surface area contributed by atoms with Crippen LogP contribution in [-0.2, 0) is 12.6 Å². The van der Waals surface area contributed by atoms with E-state index >= 15 is 0 Å². The van der Waals surface area contributed by atoms with E-state index in [1.165, 1.54) is 12.1 Å². The fraction of sp³-hybridized carbons (Fsp3) is 0.625. The highest BCUT2D eigenvalue weighted by Gasteiger charge is 2.35. The summed E-state index contributed by atoms with van der Waals surface area (Å²) in [4.78, 5) is 2.18. The highest BCUT2D eigenvalue weighted by atomic mass is 35.5. The Bertz CT molecular complexity index is 509. The van der Waals surface area contributed by atoms with Crippen molar-refractivity contribution in [1.82, 2.24) is 10.2 Å². The molecule has 0 saturated carbocycles. The van der Waals surface area contributed by atoms with Gasteiger partial charge in [-0.25, -0.2) is 0 Å². The lowest BCUT2D eigenvalue weighted by atomic mass is 9.83. The number of likely N-dealkylation sites (N-methyl/N-ethyl adjacent to an activating group) is 1. The van der Waals surface area contributed by atoms with Crippen LogP contribution in [-0.4, -0.2) is 37.6 Å². The number of hydrogen-bond acceptors (Lipinski definition) is 2. The van der Waals surface area contributed by atoms with E-state index in [1.807, 2.05) is 14.1 Å². The zero-order valence-corrected chi connectivity index (χ0v) is 13.7. The number of nitrogens with one attached hydrogen (secondary N) is 1. The molecule has 0 aliphatic carbocycles. The Morgan fingerprint density at radius 2 is 2.05 bits per heavy atom. The highest BCUT2D eigenvalue weighted by molar-refractivity contribution is 6.31. The summed E-state index contributed by atoms with van der Waals surface area (Å²) in [5.41, 5.74) is -0.0774. The van der Waals surface area contributed by atoms with Gasteiger partial charge in [-0.05, 0) is 70.1 Å². The third-order valence-corrected chi connectivity index (χ3v) is 5.00. The Labute approximate surface area is 134 Å². The van der Waals surface area contributed by atoms with E-state index in [0.29, 0.717) is 17.0 Å². The molecule has 0 amide bonds. The summed E-state index contributed by atoms with van der Waals surface area (Å²) in [6.07, 6.45) is -0.875. The molecule has 1 aliphatic rings. The smallest absolute Gasteiger partial charge is 0.315 e. The third kappa shape index (κ3) is 3.94. The van der Waals surface area contributed by atoms with Crippen molar-refractivity contribution in [3.63, 3.8) is 0 Å². The molecule has 0 bridgehead atoms. The number of benzene rings is 1. The van der Waals surface area contributed by atoms with Crippen molar-refractivity contribution < 1.29 is 13.2 Å². The molecule has 6 heteroatoms. The number of alkyl halides is 3. The van der Waals surface area contributed by atoms with Crippen LogP contribution in [0.5, 0.6) is 0 Å². The maximum Gasteiger partial charge on any atom is 0.416 e. The van der Waals surface area contributed by atoms with Crippen molar-refractivity contribution in [3.8, 4) is 0 Å². The van der Waals surface area contributed by atoms with Gasteiger partial charge in [0.25, 0.3) is 0 Å². The minimum Gasteiger partial charge on any atom is -0.315 e. The zero-order chi connectivity index (χ0) is 16.4. The Morgan fingerprint density at radius 3 is 2.59 bits per heavy atom. The molecule has 0 spiro atoms. The summed E-state index contributed by atoms with van der Waals surface area (Å²) >= 11 is 6.09. The molecule has 1 aromatic rings. The molecule has 1 saturated heterocycles. The van der Waals surface area contributed by atoms with Crippen LogP contribution in [0.3, 0.4) is 0 Å². The minimum atomic E-state index is -4.33. The summed E-state index contributed by atoms with van der Waals surface area (Å²) in [6, 6.07) is 3.57. The monoisotopic (exact) mass is 334 g/mol. The molecule has 1 heterocycles. The van der Waals surface area contributed by atoms with E-state index in [-0.39, 0.29) is 5.54 Å². The number of hydrogen-bond donors (Lipinski definition) is 1. The SMILES string of the molecule is CN(C)[C@@]1(CCc2cc(C(F)(F)F)ccc2Cl)CCCNC1. The first-order valence-corrected chi connectivity index (χ1v) is 7.86. The van der Waals surface area contributed by atoms with Crippen molar-refractivity contribution in [1.29, 1.82) is 0 Å². The van der Waals surface area contributed by atoms with Crippen molar-refractivity contribution in [3.05, 3.63) is 34.3 Å². The van der Waals surface area contributed by atoms with E-state index in [9.17, 15) is 13.2 Å². The predicted octanol–water partition coefficient (Wildman–Crippen LogP) is 3.98. The van der Waals surface area contributed by atoms with Crippen LogP contribution in [0.4, 0.5) is 13.2 Å². The molecular formula is C16H22ClF3N2. The second-order valence-electron chi connectivity index (χ2n) is 6.20. The van der Waals surface area contributed by atoms with Crippen molar-refractivity contribution in [2.45, 2.75) is 37.4 Å². The quantitative estimate of drug-likeness (QED) is 0.896. The van der Waals surface area contributed by atoms with Crippen LogP contribution in [0.25, 0.3) is 0 Å². The van der Waals surface area contributed by atoms with Crippen molar-refractivity contribution in [2.24, 2.45) is 0 Å². The van der Waals surface area contributed by atoms with Crippen LogP contribution >= 0.6 is 11.6 Å². The molecule has 0 unspecified atom stereocenters. The standard InChI is InChI=1S/C16H22ClF3N2/c1-22(2)15(7-3-9-21-11-15)8-6-12-10-13(16(18,19)20)4-5-14(12)17/h4-5,10,21H,3,6-9,11H2,1-2H3/t15-/m1/s1. The van der Waals surface area contributed by atoms with Crippen molar-refractivity contribution >= 4 is 11.6 Å². The van der Waals surface area contributed by atoms with Gasteiger partial charge in [0.15, 0.2) is 0 Å². The van der Waals surface area contributed by atoms with Crippen LogP contribution < -0.4 is 5.32 Å². The number of halogens is 4. The van der Waals surface area contributed by atoms with Gasteiger partial charge >= 0.3 is 6.18 Å². The van der Waals surface area contributed by atoms with Gasteiger partial charge in [-0.1, -0.05) is 11.6 Å². The van der Waals surface area contributed by atoms with E-state index in [4.69, 9.17) is 11.6 Å². The number of aryl methyl sites for hydroxylation is 1. The number of nitrogens with zero attached hydrogens (tertiary/aromatic N) is 1. The van der Waals surface area contributed by atoms with Gasteiger partial charge in [0.05, 0.1) is 5.56 Å². The Balaban J connectivity index is 2.16. The van der Waals surface area contributed by atoms with E-state index in [2.05, 4.69) is 10.2 Å². The average Bonchev–Trinajstić information content (AvgIpc) is 2.46. The fourth-order valence-electron chi connectivity index (χ4n) is 3.08. The molecule has 1 N–H and O–H groups in total. The first kappa shape index (κ1) is 17.6. The lowest BCUT2D eigenvalue weighted by Crippen LogP contribution is -2.55. The highest BCUT2D eigenvalue weighted by Crippen LogP contribution is 2.34. The molecule has 0 radical (unpaired) electrons. The first-order chi connectivity index (χ1) is 10.2. The summed E-state index contributed by atoms with van der Waals surface area (Å²) in [5.74, 6) is 0. The molecule has 2 nitrogen and oxygen atoms in total. The molecule has 0 aromatic heterocycles. The normalized spacial score (nSPS) is 23.0. The van der Waals surface area contributed by atoms with E-state index in [1.54, 1.807) is 0 Å². The van der Waals surface area contributed by atoms with Crippen LogP contribution in [0.15, 0.2) is 18.2 Å². The first-order valence-electron chi connectivity index (χ1n) is 7.48. The lowest BCUT2D eigenvalue weighted by molar-refractivity contribution is -0.137. The Hall–Kier alpha value is -0.780. The van der Waals surface area contributed by atoms with E-state index in [0.717, 1.165) is 38.4 Å².